The number of halogens is 4. The molecule has 0 unspecified atom stereocenters. The average Bonchev–Trinajstić information content (AvgIpc) is 2.45. The van der Waals surface area contributed by atoms with Crippen molar-refractivity contribution in [2.45, 2.75) is 12.8 Å². The lowest BCUT2D eigenvalue weighted by molar-refractivity contribution is -0.138. The van der Waals surface area contributed by atoms with Gasteiger partial charge in [0.1, 0.15) is 6.61 Å². The van der Waals surface area contributed by atoms with E-state index >= 15 is 0 Å². The molecule has 2 aromatic carbocycles. The number of carboxylic acid groups (broad SMARTS) is 1. The first-order valence-corrected chi connectivity index (χ1v) is 6.10. The number of hydrogen-bond donors (Lipinski definition) is 1. The van der Waals surface area contributed by atoms with E-state index in [2.05, 4.69) is 0 Å². The summed E-state index contributed by atoms with van der Waals surface area (Å²) in [5.74, 6) is -2.41. The highest BCUT2D eigenvalue weighted by molar-refractivity contribution is 5.89. The summed E-state index contributed by atoms with van der Waals surface area (Å²) in [6.07, 6.45) is -4.80. The van der Waals surface area contributed by atoms with Crippen LogP contribution in [0, 0.1) is 5.82 Å². The van der Waals surface area contributed by atoms with Crippen molar-refractivity contribution in [1.82, 2.24) is 0 Å². The number of para-hydroxylation sites is 1. The number of carboxylic acids is 1. The van der Waals surface area contributed by atoms with Crippen LogP contribution in [0.15, 0.2) is 42.5 Å². The van der Waals surface area contributed by atoms with Crippen LogP contribution in [0.5, 0.6) is 5.75 Å². The SMILES string of the molecule is O=C(O)c1ccc(COc2ccccc2F)cc1C(F)(F)F. The largest absolute Gasteiger partial charge is 0.486 e. The van der Waals surface area contributed by atoms with Crippen LogP contribution in [0.3, 0.4) is 0 Å². The van der Waals surface area contributed by atoms with Crippen LogP contribution in [0.25, 0.3) is 0 Å². The lowest BCUT2D eigenvalue weighted by Gasteiger charge is -2.13. The average molecular weight is 314 g/mol. The molecule has 0 aliphatic rings. The number of hydrogen-bond acceptors (Lipinski definition) is 2. The number of rotatable bonds is 4. The zero-order valence-electron chi connectivity index (χ0n) is 11.0. The highest BCUT2D eigenvalue weighted by atomic mass is 19.4. The molecule has 116 valence electrons. The highest BCUT2D eigenvalue weighted by Gasteiger charge is 2.35. The first-order chi connectivity index (χ1) is 10.3. The number of carbonyl (C=O) groups is 1. The molecule has 22 heavy (non-hydrogen) atoms. The van der Waals surface area contributed by atoms with Crippen molar-refractivity contribution in [3.8, 4) is 5.75 Å². The Labute approximate surface area is 122 Å². The van der Waals surface area contributed by atoms with Crippen molar-refractivity contribution in [3.63, 3.8) is 0 Å². The van der Waals surface area contributed by atoms with E-state index in [9.17, 15) is 22.4 Å². The maximum absolute atomic E-state index is 13.3. The summed E-state index contributed by atoms with van der Waals surface area (Å²) in [7, 11) is 0. The van der Waals surface area contributed by atoms with Gasteiger partial charge in [-0.3, -0.25) is 0 Å². The molecule has 0 saturated carbocycles. The molecule has 2 rings (SSSR count). The molecule has 0 aromatic heterocycles. The van der Waals surface area contributed by atoms with E-state index in [1.165, 1.54) is 24.3 Å². The van der Waals surface area contributed by atoms with Crippen LogP contribution in [-0.2, 0) is 12.8 Å². The van der Waals surface area contributed by atoms with E-state index < -0.39 is 29.1 Å². The molecule has 0 fully saturated rings. The standard InChI is InChI=1S/C15H10F4O3/c16-12-3-1-2-4-13(12)22-8-9-5-6-10(14(20)21)11(7-9)15(17,18)19/h1-7H,8H2,(H,20,21). The lowest BCUT2D eigenvalue weighted by Crippen LogP contribution is -2.14. The molecule has 3 nitrogen and oxygen atoms in total. The third-order valence-corrected chi connectivity index (χ3v) is 2.85. The Bertz CT molecular complexity index is 695. The normalized spacial score (nSPS) is 11.3. The molecule has 1 N–H and O–H groups in total. The fraction of sp³-hybridized carbons (Fsp3) is 0.133. The van der Waals surface area contributed by atoms with Gasteiger partial charge >= 0.3 is 12.1 Å². The predicted octanol–water partition coefficient (Wildman–Crippen LogP) is 4.12. The summed E-state index contributed by atoms with van der Waals surface area (Å²) < 4.78 is 57.0. The Morgan fingerprint density at radius 3 is 2.41 bits per heavy atom. The van der Waals surface area contributed by atoms with E-state index in [1.807, 2.05) is 0 Å². The summed E-state index contributed by atoms with van der Waals surface area (Å²) in [5.41, 5.74) is -2.03. The molecule has 0 amide bonds. The third-order valence-electron chi connectivity index (χ3n) is 2.85. The summed E-state index contributed by atoms with van der Waals surface area (Å²) in [6, 6.07) is 8.20. The van der Waals surface area contributed by atoms with Crippen molar-refractivity contribution in [2.75, 3.05) is 0 Å². The van der Waals surface area contributed by atoms with Crippen LogP contribution in [0.1, 0.15) is 21.5 Å². The molecule has 0 aliphatic carbocycles. The van der Waals surface area contributed by atoms with Gasteiger partial charge in [0.2, 0.25) is 0 Å². The molecule has 0 saturated heterocycles. The molecule has 0 bridgehead atoms. The smallest absolute Gasteiger partial charge is 0.417 e. The van der Waals surface area contributed by atoms with Crippen LogP contribution >= 0.6 is 0 Å². The molecule has 2 aromatic rings. The van der Waals surface area contributed by atoms with Gasteiger partial charge in [0.05, 0.1) is 11.1 Å². The van der Waals surface area contributed by atoms with E-state index in [1.54, 1.807) is 0 Å². The highest BCUT2D eigenvalue weighted by Crippen LogP contribution is 2.33. The molecule has 0 radical (unpaired) electrons. The fourth-order valence-corrected chi connectivity index (χ4v) is 1.83. The summed E-state index contributed by atoms with van der Waals surface area (Å²) in [5, 5.41) is 8.78. The van der Waals surface area contributed by atoms with Crippen LogP contribution in [0.2, 0.25) is 0 Å². The van der Waals surface area contributed by atoms with Gasteiger partial charge in [0.25, 0.3) is 0 Å². The van der Waals surface area contributed by atoms with Crippen molar-refractivity contribution < 1.29 is 32.2 Å². The monoisotopic (exact) mass is 314 g/mol. The van der Waals surface area contributed by atoms with E-state index in [0.717, 1.165) is 12.1 Å². The van der Waals surface area contributed by atoms with Gasteiger partial charge in [-0.2, -0.15) is 13.2 Å². The Kier molecular flexibility index (Phi) is 4.35. The van der Waals surface area contributed by atoms with Gasteiger partial charge < -0.3 is 9.84 Å². The Hall–Kier alpha value is -2.57. The van der Waals surface area contributed by atoms with Crippen molar-refractivity contribution in [2.24, 2.45) is 0 Å². The van der Waals surface area contributed by atoms with Crippen molar-refractivity contribution in [3.05, 3.63) is 65.0 Å². The van der Waals surface area contributed by atoms with Gasteiger partial charge in [0.15, 0.2) is 11.6 Å². The summed E-state index contributed by atoms with van der Waals surface area (Å²) in [4.78, 5) is 10.8. The second kappa shape index (κ2) is 6.05. The summed E-state index contributed by atoms with van der Waals surface area (Å²) in [6.45, 7) is -0.316. The topological polar surface area (TPSA) is 46.5 Å². The van der Waals surface area contributed by atoms with E-state index in [4.69, 9.17) is 9.84 Å². The maximum Gasteiger partial charge on any atom is 0.417 e. The predicted molar refractivity (Wildman–Crippen MR) is 69.1 cm³/mol. The van der Waals surface area contributed by atoms with E-state index in [0.29, 0.717) is 6.07 Å². The molecular formula is C15H10F4O3. The number of benzene rings is 2. The summed E-state index contributed by atoms with van der Waals surface area (Å²) >= 11 is 0. The number of aromatic carboxylic acids is 1. The second-order valence-corrected chi connectivity index (χ2v) is 4.40. The minimum Gasteiger partial charge on any atom is -0.486 e. The van der Waals surface area contributed by atoms with Crippen LogP contribution in [0.4, 0.5) is 17.6 Å². The lowest BCUT2D eigenvalue weighted by atomic mass is 10.0. The quantitative estimate of drug-likeness (QED) is 0.864. The van der Waals surface area contributed by atoms with Gasteiger partial charge in [-0.05, 0) is 29.8 Å². The van der Waals surface area contributed by atoms with E-state index in [-0.39, 0.29) is 17.9 Å². The van der Waals surface area contributed by atoms with Crippen LogP contribution in [-0.4, -0.2) is 11.1 Å². The first kappa shape index (κ1) is 15.8. The Morgan fingerprint density at radius 2 is 1.82 bits per heavy atom. The Balaban J connectivity index is 2.26. The third kappa shape index (κ3) is 3.55. The molecule has 0 spiro atoms. The maximum atomic E-state index is 13.3. The van der Waals surface area contributed by atoms with Gasteiger partial charge in [-0.25, -0.2) is 9.18 Å². The minimum atomic E-state index is -4.80. The van der Waals surface area contributed by atoms with Crippen LogP contribution < -0.4 is 4.74 Å². The first-order valence-electron chi connectivity index (χ1n) is 6.10. The molecule has 0 atom stereocenters. The van der Waals surface area contributed by atoms with Crippen molar-refractivity contribution >= 4 is 5.97 Å². The number of alkyl halides is 3. The number of ether oxygens (including phenoxy) is 1. The van der Waals surface area contributed by atoms with Gasteiger partial charge in [-0.15, -0.1) is 0 Å². The second-order valence-electron chi connectivity index (χ2n) is 4.40. The van der Waals surface area contributed by atoms with Gasteiger partial charge in [0, 0.05) is 0 Å². The van der Waals surface area contributed by atoms with Gasteiger partial charge in [-0.1, -0.05) is 18.2 Å². The van der Waals surface area contributed by atoms with Crippen molar-refractivity contribution in [1.29, 1.82) is 0 Å². The molecular weight excluding hydrogens is 304 g/mol. The molecule has 7 heteroatoms. The molecule has 0 aliphatic heterocycles. The Morgan fingerprint density at radius 1 is 1.14 bits per heavy atom. The zero-order valence-corrected chi connectivity index (χ0v) is 11.0. The molecule has 0 heterocycles. The zero-order chi connectivity index (χ0) is 16.3. The minimum absolute atomic E-state index is 0.0839. The fourth-order valence-electron chi connectivity index (χ4n) is 1.83.